The number of carbonyl (C=O) groups is 2. The van der Waals surface area contributed by atoms with Crippen molar-refractivity contribution in [2.45, 2.75) is 30.8 Å². The number of sulfonamides is 1. The van der Waals surface area contributed by atoms with Crippen LogP contribution in [0, 0.1) is 6.92 Å². The van der Waals surface area contributed by atoms with E-state index in [1.165, 1.54) is 16.8 Å². The highest BCUT2D eigenvalue weighted by atomic mass is 32.2. The summed E-state index contributed by atoms with van der Waals surface area (Å²) in [6, 6.07) is 11.8. The maximum Gasteiger partial charge on any atom is 0.262 e. The number of nitrogens with one attached hydrogen (secondary N) is 1. The number of hydrogen-bond donors (Lipinski definition) is 1. The molecule has 1 aliphatic heterocycles. The Morgan fingerprint density at radius 1 is 1.06 bits per heavy atom. The molecule has 2 aromatic heterocycles. The van der Waals surface area contributed by atoms with E-state index in [0.717, 1.165) is 0 Å². The van der Waals surface area contributed by atoms with Crippen LogP contribution in [0.1, 0.15) is 40.5 Å². The van der Waals surface area contributed by atoms with Crippen molar-refractivity contribution in [1.29, 1.82) is 0 Å². The molecule has 0 saturated carbocycles. The molecule has 1 N–H and O–H groups in total. The molecule has 2 amide bonds. The first-order chi connectivity index (χ1) is 17.3. The van der Waals surface area contributed by atoms with E-state index in [4.69, 9.17) is 0 Å². The Bertz CT molecular complexity index is 1330. The van der Waals surface area contributed by atoms with Crippen molar-refractivity contribution < 1.29 is 18.0 Å². The van der Waals surface area contributed by atoms with Gasteiger partial charge in [0.05, 0.1) is 17.9 Å². The normalized spacial score (nSPS) is 18.3. The lowest BCUT2D eigenvalue weighted by Crippen LogP contribution is -2.39. The van der Waals surface area contributed by atoms with E-state index >= 15 is 0 Å². The van der Waals surface area contributed by atoms with Gasteiger partial charge < -0.3 is 14.8 Å². The average molecular weight is 511 g/mol. The van der Waals surface area contributed by atoms with Gasteiger partial charge >= 0.3 is 0 Å². The van der Waals surface area contributed by atoms with Crippen molar-refractivity contribution in [3.8, 4) is 0 Å². The molecular weight excluding hydrogens is 480 g/mol. The number of carbonyl (C=O) groups excluding carboxylic acids is 2. The zero-order chi connectivity index (χ0) is 25.7. The van der Waals surface area contributed by atoms with E-state index in [1.54, 1.807) is 41.8 Å². The minimum Gasteiger partial charge on any atom is -0.354 e. The summed E-state index contributed by atoms with van der Waals surface area (Å²) < 4.78 is 30.4. The predicted molar refractivity (Wildman–Crippen MR) is 133 cm³/mol. The van der Waals surface area contributed by atoms with Crippen LogP contribution in [0.15, 0.2) is 66.2 Å². The minimum absolute atomic E-state index is 0.0499. The van der Waals surface area contributed by atoms with Crippen LogP contribution in [0.3, 0.4) is 0 Å². The van der Waals surface area contributed by atoms with Crippen LogP contribution >= 0.6 is 0 Å². The third-order valence-electron chi connectivity index (χ3n) is 6.20. The van der Waals surface area contributed by atoms with Gasteiger partial charge in [0.15, 0.2) is 5.03 Å². The largest absolute Gasteiger partial charge is 0.354 e. The molecule has 3 heterocycles. The van der Waals surface area contributed by atoms with Crippen molar-refractivity contribution in [3.05, 3.63) is 78.0 Å². The van der Waals surface area contributed by atoms with Crippen molar-refractivity contribution in [3.63, 3.8) is 0 Å². The molecule has 4 rings (SSSR count). The summed E-state index contributed by atoms with van der Waals surface area (Å²) in [5.74, 6) is -0.496. The molecule has 10 nitrogen and oxygen atoms in total. The summed E-state index contributed by atoms with van der Waals surface area (Å²) in [6.45, 7) is 2.77. The fraction of sp³-hybridized carbons (Fsp3) is 0.360. The Morgan fingerprint density at radius 3 is 2.53 bits per heavy atom. The summed E-state index contributed by atoms with van der Waals surface area (Å²) >= 11 is 0. The van der Waals surface area contributed by atoms with E-state index in [2.05, 4.69) is 15.3 Å². The maximum atomic E-state index is 13.8. The minimum atomic E-state index is -4.03. The first kappa shape index (κ1) is 25.5. The lowest BCUT2D eigenvalue weighted by molar-refractivity contribution is -0.122. The number of hydrogen-bond acceptors (Lipinski definition) is 6. The first-order valence-electron chi connectivity index (χ1n) is 11.8. The van der Waals surface area contributed by atoms with Gasteiger partial charge in [0.1, 0.15) is 0 Å². The molecule has 1 aromatic carbocycles. The molecule has 3 aromatic rings. The van der Waals surface area contributed by atoms with Crippen LogP contribution < -0.4 is 5.32 Å². The van der Waals surface area contributed by atoms with Crippen LogP contribution in [0.25, 0.3) is 0 Å². The molecule has 1 saturated heterocycles. The highest BCUT2D eigenvalue weighted by molar-refractivity contribution is 7.89. The van der Waals surface area contributed by atoms with Gasteiger partial charge in [-0.3, -0.25) is 14.6 Å². The van der Waals surface area contributed by atoms with Crippen LogP contribution in [-0.2, 0) is 21.9 Å². The van der Waals surface area contributed by atoms with Crippen LogP contribution in [0.2, 0.25) is 0 Å². The van der Waals surface area contributed by atoms with Crippen LogP contribution in [0.5, 0.6) is 0 Å². The van der Waals surface area contributed by atoms with Crippen molar-refractivity contribution in [1.82, 2.24) is 29.1 Å². The molecule has 1 fully saturated rings. The second kappa shape index (κ2) is 11.0. The fourth-order valence-corrected chi connectivity index (χ4v) is 5.96. The van der Waals surface area contributed by atoms with Gasteiger partial charge in [0.2, 0.25) is 5.91 Å². The quantitative estimate of drug-likeness (QED) is 0.573. The molecule has 1 aliphatic rings. The molecule has 0 bridgehead atoms. The lowest BCUT2D eigenvalue weighted by Gasteiger charge is -2.30. The third kappa shape index (κ3) is 5.63. The molecule has 0 spiro atoms. The Balaban J connectivity index is 1.68. The Hall–Kier alpha value is -3.57. The molecule has 11 heteroatoms. The van der Waals surface area contributed by atoms with Gasteiger partial charge in [0.25, 0.3) is 15.9 Å². The molecule has 0 radical (unpaired) electrons. The third-order valence-corrected chi connectivity index (χ3v) is 7.99. The van der Waals surface area contributed by atoms with E-state index in [-0.39, 0.29) is 36.4 Å². The number of aromatic nitrogens is 3. The Labute approximate surface area is 211 Å². The van der Waals surface area contributed by atoms with E-state index < -0.39 is 16.1 Å². The Morgan fingerprint density at radius 2 is 1.83 bits per heavy atom. The van der Waals surface area contributed by atoms with Crippen molar-refractivity contribution in [2.75, 3.05) is 26.2 Å². The summed E-state index contributed by atoms with van der Waals surface area (Å²) in [7, 11) is -2.33. The second-order valence-electron chi connectivity index (χ2n) is 8.76. The molecule has 36 heavy (non-hydrogen) atoms. The number of aryl methyl sites for hydroxylation is 2. The smallest absolute Gasteiger partial charge is 0.262 e. The summed E-state index contributed by atoms with van der Waals surface area (Å²) in [6.07, 6.45) is 4.84. The monoisotopic (exact) mass is 510 g/mol. The SMILES string of the molecule is Cc1ncccc1C(=O)N1CCCN(S(=O)(=O)c2cn(C)cn2)C(c2ccccc2)CC(=O)NCC1. The zero-order valence-electron chi connectivity index (χ0n) is 20.4. The van der Waals surface area contributed by atoms with Crippen molar-refractivity contribution in [2.24, 2.45) is 7.05 Å². The second-order valence-corrected chi connectivity index (χ2v) is 10.6. The first-order valence-corrected chi connectivity index (χ1v) is 13.2. The maximum absolute atomic E-state index is 13.8. The molecular formula is C25H30N6O4S. The van der Waals surface area contributed by atoms with Gasteiger partial charge in [-0.2, -0.15) is 4.31 Å². The summed E-state index contributed by atoms with van der Waals surface area (Å²) in [5, 5.41) is 2.77. The van der Waals surface area contributed by atoms with Gasteiger partial charge in [-0.05, 0) is 31.0 Å². The van der Waals surface area contributed by atoms with Crippen molar-refractivity contribution >= 4 is 21.8 Å². The number of nitrogens with zero attached hydrogens (tertiary/aromatic N) is 5. The van der Waals surface area contributed by atoms with Gasteiger partial charge in [-0.1, -0.05) is 30.3 Å². The van der Waals surface area contributed by atoms with Crippen LogP contribution in [-0.4, -0.2) is 70.2 Å². The van der Waals surface area contributed by atoms with Gasteiger partial charge in [-0.15, -0.1) is 0 Å². The van der Waals surface area contributed by atoms with Gasteiger partial charge in [0, 0.05) is 57.7 Å². The number of pyridine rings is 1. The standard InChI is InChI=1S/C25H30N6O4S/c1-19-21(10-6-11-26-19)25(33)30-13-7-14-31(36(34,35)24-17-29(2)18-28-24)22(16-23(32)27-12-15-30)20-8-4-3-5-9-20/h3-6,8-11,17-18,22H,7,12-16H2,1-2H3,(H,27,32). The van der Waals surface area contributed by atoms with Crippen LogP contribution in [0.4, 0.5) is 0 Å². The van der Waals surface area contributed by atoms with E-state index in [0.29, 0.717) is 36.3 Å². The zero-order valence-corrected chi connectivity index (χ0v) is 21.2. The fourth-order valence-electron chi connectivity index (χ4n) is 4.34. The lowest BCUT2D eigenvalue weighted by atomic mass is 10.0. The molecule has 0 aliphatic carbocycles. The van der Waals surface area contributed by atoms with E-state index in [1.807, 2.05) is 30.3 Å². The topological polar surface area (TPSA) is 118 Å². The summed E-state index contributed by atoms with van der Waals surface area (Å²) in [4.78, 5) is 36.1. The molecule has 1 atom stereocenters. The number of imidazole rings is 1. The molecule has 190 valence electrons. The van der Waals surface area contributed by atoms with Gasteiger partial charge in [-0.25, -0.2) is 13.4 Å². The number of benzene rings is 1. The number of rotatable bonds is 4. The Kier molecular flexibility index (Phi) is 7.80. The predicted octanol–water partition coefficient (Wildman–Crippen LogP) is 1.91. The van der Waals surface area contributed by atoms with E-state index in [9.17, 15) is 18.0 Å². The summed E-state index contributed by atoms with van der Waals surface area (Å²) in [5.41, 5.74) is 1.81. The highest BCUT2D eigenvalue weighted by Gasteiger charge is 2.35. The molecule has 1 unspecified atom stereocenters. The highest BCUT2D eigenvalue weighted by Crippen LogP contribution is 2.30. The average Bonchev–Trinajstić information content (AvgIpc) is 3.30. The number of amides is 2.